The molecule has 0 unspecified atom stereocenters. The highest BCUT2D eigenvalue weighted by atomic mass is 79.9. The van der Waals surface area contributed by atoms with Gasteiger partial charge < -0.3 is 0 Å². The van der Waals surface area contributed by atoms with Gasteiger partial charge in [-0.2, -0.15) is 0 Å². The lowest BCUT2D eigenvalue weighted by molar-refractivity contribution is 0.959. The summed E-state index contributed by atoms with van der Waals surface area (Å²) in [5, 5.41) is 1.48. The highest BCUT2D eigenvalue weighted by Gasteiger charge is 2.02. The summed E-state index contributed by atoms with van der Waals surface area (Å²) >= 11 is 3.35. The van der Waals surface area contributed by atoms with Crippen LogP contribution in [0.4, 0.5) is 5.82 Å². The second-order valence-electron chi connectivity index (χ2n) is 2.37. The molecule has 2 N–H and O–H groups in total. The fraction of sp³-hybridized carbons (Fsp3) is 0.286. The molecule has 11 heavy (non-hydrogen) atoms. The monoisotopic (exact) mass is 215 g/mol. The number of hydrogen-bond donors (Lipinski definition) is 1. The summed E-state index contributed by atoms with van der Waals surface area (Å²) in [7, 11) is 1.76. The standard InChI is InChI=1S/C7H10BrN3/c1-5-3-4-6(8)7(10-5)11(2)9/h3-4H,9H2,1-2H3. The van der Waals surface area contributed by atoms with E-state index in [-0.39, 0.29) is 0 Å². The smallest absolute Gasteiger partial charge is 0.156 e. The topological polar surface area (TPSA) is 42.1 Å². The van der Waals surface area contributed by atoms with Crippen molar-refractivity contribution in [2.45, 2.75) is 6.92 Å². The first-order valence-corrected chi connectivity index (χ1v) is 4.02. The summed E-state index contributed by atoms with van der Waals surface area (Å²) in [6, 6.07) is 3.86. The molecule has 4 heteroatoms. The van der Waals surface area contributed by atoms with Crippen LogP contribution in [0.25, 0.3) is 0 Å². The molecule has 0 fully saturated rings. The van der Waals surface area contributed by atoms with Gasteiger partial charge in [0.1, 0.15) is 0 Å². The van der Waals surface area contributed by atoms with Gasteiger partial charge in [0.15, 0.2) is 5.82 Å². The van der Waals surface area contributed by atoms with Crippen LogP contribution in [0.3, 0.4) is 0 Å². The third-order valence-corrected chi connectivity index (χ3v) is 1.92. The number of nitrogens with two attached hydrogens (primary N) is 1. The van der Waals surface area contributed by atoms with Gasteiger partial charge in [0.2, 0.25) is 0 Å². The van der Waals surface area contributed by atoms with Crippen molar-refractivity contribution >= 4 is 21.7 Å². The van der Waals surface area contributed by atoms with Crippen LogP contribution in [0.5, 0.6) is 0 Å². The van der Waals surface area contributed by atoms with Gasteiger partial charge in [-0.15, -0.1) is 0 Å². The molecule has 0 atom stereocenters. The molecule has 1 rings (SSSR count). The SMILES string of the molecule is Cc1ccc(Br)c(N(C)N)n1. The fourth-order valence-corrected chi connectivity index (χ4v) is 1.27. The van der Waals surface area contributed by atoms with Gasteiger partial charge in [0.25, 0.3) is 0 Å². The molecule has 0 aliphatic heterocycles. The average Bonchev–Trinajstić information content (AvgIpc) is 1.94. The predicted octanol–water partition coefficient (Wildman–Crippen LogP) is 1.46. The van der Waals surface area contributed by atoms with Crippen molar-refractivity contribution < 1.29 is 0 Å². The molecule has 0 aromatic carbocycles. The van der Waals surface area contributed by atoms with Gasteiger partial charge in [-0.1, -0.05) is 0 Å². The van der Waals surface area contributed by atoms with Crippen molar-refractivity contribution in [2.24, 2.45) is 5.84 Å². The number of rotatable bonds is 1. The molecule has 3 nitrogen and oxygen atoms in total. The molecular formula is C7H10BrN3. The van der Waals surface area contributed by atoms with E-state index in [1.54, 1.807) is 7.05 Å². The van der Waals surface area contributed by atoms with E-state index in [9.17, 15) is 0 Å². The van der Waals surface area contributed by atoms with Crippen molar-refractivity contribution in [1.82, 2.24) is 4.98 Å². The summed E-state index contributed by atoms with van der Waals surface area (Å²) in [6.45, 7) is 1.93. The Hall–Kier alpha value is -0.610. The van der Waals surface area contributed by atoms with Crippen molar-refractivity contribution in [3.8, 4) is 0 Å². The number of hydrogen-bond acceptors (Lipinski definition) is 3. The molecule has 0 aliphatic carbocycles. The van der Waals surface area contributed by atoms with Gasteiger partial charge in [-0.05, 0) is 35.0 Å². The van der Waals surface area contributed by atoms with Crippen LogP contribution in [0.2, 0.25) is 0 Å². The Balaban J connectivity index is 3.13. The third kappa shape index (κ3) is 1.91. The van der Waals surface area contributed by atoms with Crippen LogP contribution in [-0.2, 0) is 0 Å². The lowest BCUT2D eigenvalue weighted by Crippen LogP contribution is -2.26. The molecule has 0 radical (unpaired) electrons. The molecule has 1 aromatic heterocycles. The normalized spacial score (nSPS) is 9.82. The minimum Gasteiger partial charge on any atom is -0.297 e. The van der Waals surface area contributed by atoms with Crippen LogP contribution in [-0.4, -0.2) is 12.0 Å². The molecular weight excluding hydrogens is 206 g/mol. The largest absolute Gasteiger partial charge is 0.297 e. The first-order chi connectivity index (χ1) is 5.11. The number of aryl methyl sites for hydroxylation is 1. The number of halogens is 1. The van der Waals surface area contributed by atoms with Gasteiger partial charge >= 0.3 is 0 Å². The molecule has 0 aliphatic rings. The first-order valence-electron chi connectivity index (χ1n) is 3.23. The van der Waals surface area contributed by atoms with Gasteiger partial charge in [-0.25, -0.2) is 10.8 Å². The summed E-state index contributed by atoms with van der Waals surface area (Å²) < 4.78 is 0.910. The quantitative estimate of drug-likeness (QED) is 0.570. The van der Waals surface area contributed by atoms with E-state index in [1.807, 2.05) is 19.1 Å². The Morgan fingerprint density at radius 2 is 2.18 bits per heavy atom. The fourth-order valence-electron chi connectivity index (χ4n) is 0.773. The van der Waals surface area contributed by atoms with Gasteiger partial charge in [0, 0.05) is 12.7 Å². The number of nitrogens with zero attached hydrogens (tertiary/aromatic N) is 2. The zero-order valence-corrected chi connectivity index (χ0v) is 8.09. The summed E-state index contributed by atoms with van der Waals surface area (Å²) in [5.74, 6) is 6.28. The Labute approximate surface area is 74.3 Å². The van der Waals surface area contributed by atoms with E-state index >= 15 is 0 Å². The lowest BCUT2D eigenvalue weighted by Gasteiger charge is -2.12. The van der Waals surface area contributed by atoms with Crippen LogP contribution in [0, 0.1) is 6.92 Å². The van der Waals surface area contributed by atoms with Crippen molar-refractivity contribution in [2.75, 3.05) is 12.1 Å². The lowest BCUT2D eigenvalue weighted by atomic mass is 10.4. The van der Waals surface area contributed by atoms with Crippen LogP contribution in [0.15, 0.2) is 16.6 Å². The second-order valence-corrected chi connectivity index (χ2v) is 3.22. The van der Waals surface area contributed by atoms with E-state index in [0.717, 1.165) is 16.0 Å². The first kappa shape index (κ1) is 8.49. The summed E-state index contributed by atoms with van der Waals surface area (Å²) in [4.78, 5) is 4.23. The number of aromatic nitrogens is 1. The van der Waals surface area contributed by atoms with Gasteiger partial charge in [0.05, 0.1) is 4.47 Å². The van der Waals surface area contributed by atoms with Crippen LogP contribution in [0.1, 0.15) is 5.69 Å². The minimum atomic E-state index is 0.755. The number of pyridine rings is 1. The molecule has 60 valence electrons. The molecule has 0 spiro atoms. The van der Waals surface area contributed by atoms with Crippen LogP contribution < -0.4 is 10.9 Å². The van der Waals surface area contributed by atoms with E-state index in [0.29, 0.717) is 0 Å². The van der Waals surface area contributed by atoms with E-state index in [2.05, 4.69) is 20.9 Å². The van der Waals surface area contributed by atoms with Crippen molar-refractivity contribution in [3.05, 3.63) is 22.3 Å². The summed E-state index contributed by atoms with van der Waals surface area (Å²) in [6.07, 6.45) is 0. The van der Waals surface area contributed by atoms with Crippen molar-refractivity contribution in [1.29, 1.82) is 0 Å². The molecule has 1 aromatic rings. The Bertz CT molecular complexity index is 260. The maximum atomic E-state index is 5.52. The number of hydrazine groups is 1. The zero-order valence-electron chi connectivity index (χ0n) is 6.50. The molecule has 0 amide bonds. The second kappa shape index (κ2) is 3.19. The zero-order chi connectivity index (χ0) is 8.43. The van der Waals surface area contributed by atoms with E-state index in [4.69, 9.17) is 5.84 Å². The number of anilines is 1. The highest BCUT2D eigenvalue weighted by molar-refractivity contribution is 9.10. The predicted molar refractivity (Wildman–Crippen MR) is 49.3 cm³/mol. The third-order valence-electron chi connectivity index (χ3n) is 1.30. The Kier molecular flexibility index (Phi) is 2.46. The molecule has 1 heterocycles. The molecule has 0 saturated heterocycles. The molecule has 0 bridgehead atoms. The average molecular weight is 216 g/mol. The maximum absolute atomic E-state index is 5.52. The van der Waals surface area contributed by atoms with Crippen molar-refractivity contribution in [3.63, 3.8) is 0 Å². The van der Waals surface area contributed by atoms with E-state index < -0.39 is 0 Å². The molecule has 0 saturated carbocycles. The Morgan fingerprint density at radius 3 is 2.64 bits per heavy atom. The summed E-state index contributed by atoms with van der Waals surface area (Å²) in [5.41, 5.74) is 0.959. The van der Waals surface area contributed by atoms with Crippen LogP contribution >= 0.6 is 15.9 Å². The Morgan fingerprint density at radius 1 is 1.55 bits per heavy atom. The minimum absolute atomic E-state index is 0.755. The maximum Gasteiger partial charge on any atom is 0.156 e. The highest BCUT2D eigenvalue weighted by Crippen LogP contribution is 2.20. The van der Waals surface area contributed by atoms with Gasteiger partial charge in [-0.3, -0.25) is 5.01 Å². The van der Waals surface area contributed by atoms with E-state index in [1.165, 1.54) is 5.01 Å².